The van der Waals surface area contributed by atoms with Crippen LogP contribution >= 0.6 is 11.8 Å². The third kappa shape index (κ3) is 3.80. The molecule has 0 aliphatic carbocycles. The molecule has 0 heterocycles. The minimum atomic E-state index is -0.973. The number of benzene rings is 1. The van der Waals surface area contributed by atoms with Crippen molar-refractivity contribution in [3.8, 4) is 0 Å². The average Bonchev–Trinajstić information content (AvgIpc) is 2.19. The van der Waals surface area contributed by atoms with Gasteiger partial charge >= 0.3 is 0 Å². The highest BCUT2D eigenvalue weighted by atomic mass is 32.2. The lowest BCUT2D eigenvalue weighted by atomic mass is 10.4. The van der Waals surface area contributed by atoms with E-state index in [1.165, 1.54) is 12.1 Å². The van der Waals surface area contributed by atoms with Crippen LogP contribution in [0.1, 0.15) is 6.42 Å². The van der Waals surface area contributed by atoms with Gasteiger partial charge in [-0.15, -0.1) is 0 Å². The fourth-order valence-electron chi connectivity index (χ4n) is 1.04. The Hall–Kier alpha value is -0.350. The van der Waals surface area contributed by atoms with Crippen molar-refractivity contribution in [2.75, 3.05) is 17.8 Å². The van der Waals surface area contributed by atoms with Crippen molar-refractivity contribution < 1.29 is 8.60 Å². The molecule has 0 bridgehead atoms. The maximum absolute atomic E-state index is 12.6. The van der Waals surface area contributed by atoms with Crippen LogP contribution in [0.25, 0.3) is 0 Å². The highest BCUT2D eigenvalue weighted by Crippen LogP contribution is 2.09. The molecule has 1 aromatic carbocycles. The first-order valence-corrected chi connectivity index (χ1v) is 7.08. The van der Waals surface area contributed by atoms with Crippen molar-refractivity contribution in [2.24, 2.45) is 0 Å². The molecular weight excluding hydrogens is 219 g/mol. The third-order valence-corrected chi connectivity index (χ3v) is 3.91. The predicted octanol–water partition coefficient (Wildman–Crippen LogP) is 2.69. The summed E-state index contributed by atoms with van der Waals surface area (Å²) in [4.78, 5) is 0.715. The zero-order valence-corrected chi connectivity index (χ0v) is 9.67. The molecule has 1 nitrogen and oxygen atoms in total. The number of hydrogen-bond donors (Lipinski definition) is 0. The van der Waals surface area contributed by atoms with Gasteiger partial charge in [-0.1, -0.05) is 0 Å². The molecule has 14 heavy (non-hydrogen) atoms. The third-order valence-electron chi connectivity index (χ3n) is 1.75. The number of hydrogen-bond acceptors (Lipinski definition) is 2. The van der Waals surface area contributed by atoms with Crippen LogP contribution in [-0.2, 0) is 10.8 Å². The Morgan fingerprint density at radius 2 is 2.00 bits per heavy atom. The van der Waals surface area contributed by atoms with Crippen molar-refractivity contribution >= 4 is 22.6 Å². The van der Waals surface area contributed by atoms with Crippen LogP contribution in [0, 0.1) is 5.82 Å². The molecule has 0 saturated heterocycles. The number of rotatable bonds is 5. The molecule has 0 N–H and O–H groups in total. The van der Waals surface area contributed by atoms with Gasteiger partial charge in [0, 0.05) is 10.6 Å². The normalized spacial score (nSPS) is 12.7. The van der Waals surface area contributed by atoms with E-state index in [2.05, 4.69) is 0 Å². The van der Waals surface area contributed by atoms with E-state index in [0.29, 0.717) is 10.6 Å². The molecule has 1 unspecified atom stereocenters. The molecule has 1 atom stereocenters. The van der Waals surface area contributed by atoms with Crippen molar-refractivity contribution in [1.82, 2.24) is 0 Å². The summed E-state index contributed by atoms with van der Waals surface area (Å²) in [5.41, 5.74) is 0. The molecule has 0 spiro atoms. The Labute approximate surface area is 90.6 Å². The Morgan fingerprint density at radius 3 is 2.57 bits per heavy atom. The molecule has 78 valence electrons. The van der Waals surface area contributed by atoms with Crippen LogP contribution in [0.5, 0.6) is 0 Å². The molecule has 1 rings (SSSR count). The maximum atomic E-state index is 12.6. The van der Waals surface area contributed by atoms with Crippen LogP contribution in [0.4, 0.5) is 4.39 Å². The lowest BCUT2D eigenvalue weighted by Crippen LogP contribution is -1.99. The largest absolute Gasteiger partial charge is 0.254 e. The first-order chi connectivity index (χ1) is 6.74. The summed E-state index contributed by atoms with van der Waals surface area (Å²) in [5.74, 6) is 1.40. The second kappa shape index (κ2) is 6.19. The van der Waals surface area contributed by atoms with E-state index in [9.17, 15) is 8.60 Å². The summed E-state index contributed by atoms with van der Waals surface area (Å²) < 4.78 is 24.2. The van der Waals surface area contributed by atoms with Crippen LogP contribution in [-0.4, -0.2) is 22.0 Å². The van der Waals surface area contributed by atoms with Crippen LogP contribution in [0.3, 0.4) is 0 Å². The molecule has 0 aromatic heterocycles. The topological polar surface area (TPSA) is 17.1 Å². The van der Waals surface area contributed by atoms with Gasteiger partial charge in [-0.3, -0.25) is 4.21 Å². The molecule has 4 heteroatoms. The molecule has 0 saturated carbocycles. The number of thioether (sulfide) groups is 1. The predicted molar refractivity (Wildman–Crippen MR) is 60.7 cm³/mol. The molecular formula is C10H13FOS2. The van der Waals surface area contributed by atoms with Gasteiger partial charge in [0.2, 0.25) is 0 Å². The number of halogens is 1. The monoisotopic (exact) mass is 232 g/mol. The molecule has 0 aliphatic rings. The summed E-state index contributed by atoms with van der Waals surface area (Å²) in [6.45, 7) is 0. The van der Waals surface area contributed by atoms with Gasteiger partial charge in [-0.2, -0.15) is 11.8 Å². The highest BCUT2D eigenvalue weighted by molar-refractivity contribution is 7.98. The Bertz CT molecular complexity index is 297. The second-order valence-corrected chi connectivity index (χ2v) is 5.41. The first kappa shape index (κ1) is 11.7. The van der Waals surface area contributed by atoms with E-state index in [1.54, 1.807) is 23.9 Å². The summed E-state index contributed by atoms with van der Waals surface area (Å²) in [5, 5.41) is 0. The quantitative estimate of drug-likeness (QED) is 0.726. The Morgan fingerprint density at radius 1 is 1.36 bits per heavy atom. The van der Waals surface area contributed by atoms with Gasteiger partial charge in [0.05, 0.1) is 10.8 Å². The Balaban J connectivity index is 2.48. The Kier molecular flexibility index (Phi) is 5.19. The van der Waals surface area contributed by atoms with E-state index in [-0.39, 0.29) is 5.82 Å². The minimum Gasteiger partial charge on any atom is -0.254 e. The first-order valence-electron chi connectivity index (χ1n) is 4.37. The second-order valence-electron chi connectivity index (χ2n) is 2.85. The van der Waals surface area contributed by atoms with E-state index < -0.39 is 10.8 Å². The lowest BCUT2D eigenvalue weighted by molar-refractivity contribution is 0.626. The van der Waals surface area contributed by atoms with Crippen LogP contribution < -0.4 is 0 Å². The van der Waals surface area contributed by atoms with Crippen LogP contribution in [0.2, 0.25) is 0 Å². The summed E-state index contributed by atoms with van der Waals surface area (Å²) in [7, 11) is -0.973. The fraction of sp³-hybridized carbons (Fsp3) is 0.400. The molecule has 0 aliphatic heterocycles. The maximum Gasteiger partial charge on any atom is 0.123 e. The van der Waals surface area contributed by atoms with E-state index in [1.807, 2.05) is 6.26 Å². The van der Waals surface area contributed by atoms with Gasteiger partial charge in [-0.05, 0) is 42.7 Å². The van der Waals surface area contributed by atoms with Gasteiger partial charge < -0.3 is 0 Å². The summed E-state index contributed by atoms with van der Waals surface area (Å²) in [6, 6.07) is 5.87. The summed E-state index contributed by atoms with van der Waals surface area (Å²) >= 11 is 1.75. The SMILES string of the molecule is CSCCCS(=O)c1ccc(F)cc1. The lowest BCUT2D eigenvalue weighted by Gasteiger charge is -2.01. The average molecular weight is 232 g/mol. The molecule has 0 radical (unpaired) electrons. The van der Waals surface area contributed by atoms with E-state index in [4.69, 9.17) is 0 Å². The van der Waals surface area contributed by atoms with Gasteiger partial charge in [-0.25, -0.2) is 4.39 Å². The minimum absolute atomic E-state index is 0.283. The van der Waals surface area contributed by atoms with Gasteiger partial charge in [0.1, 0.15) is 5.82 Å². The summed E-state index contributed by atoms with van der Waals surface area (Å²) in [6.07, 6.45) is 2.96. The highest BCUT2D eigenvalue weighted by Gasteiger charge is 2.02. The van der Waals surface area contributed by atoms with Crippen molar-refractivity contribution in [3.63, 3.8) is 0 Å². The van der Waals surface area contributed by atoms with E-state index in [0.717, 1.165) is 12.2 Å². The van der Waals surface area contributed by atoms with Gasteiger partial charge in [0.15, 0.2) is 0 Å². The van der Waals surface area contributed by atoms with Crippen molar-refractivity contribution in [2.45, 2.75) is 11.3 Å². The van der Waals surface area contributed by atoms with E-state index >= 15 is 0 Å². The molecule has 0 fully saturated rings. The zero-order valence-electron chi connectivity index (χ0n) is 8.03. The van der Waals surface area contributed by atoms with Gasteiger partial charge in [0.25, 0.3) is 0 Å². The van der Waals surface area contributed by atoms with Crippen LogP contribution in [0.15, 0.2) is 29.2 Å². The molecule has 0 amide bonds. The smallest absolute Gasteiger partial charge is 0.123 e. The molecule has 1 aromatic rings. The fourth-order valence-corrected chi connectivity index (χ4v) is 2.74. The standard InChI is InChI=1S/C10H13FOS2/c1-13-7-2-8-14(12)10-5-3-9(11)4-6-10/h3-6H,2,7-8H2,1H3. The van der Waals surface area contributed by atoms with Crippen molar-refractivity contribution in [3.05, 3.63) is 30.1 Å². The van der Waals surface area contributed by atoms with Crippen molar-refractivity contribution in [1.29, 1.82) is 0 Å². The zero-order chi connectivity index (χ0) is 10.4.